The zero-order chi connectivity index (χ0) is 13.9. The van der Waals surface area contributed by atoms with Crippen LogP contribution >= 0.6 is 0 Å². The Hall–Kier alpha value is -0.660. The van der Waals surface area contributed by atoms with Crippen molar-refractivity contribution in [2.45, 2.75) is 31.1 Å². The third kappa shape index (κ3) is 3.02. The largest absolute Gasteiger partial charge is 0.348 e. The van der Waals surface area contributed by atoms with E-state index in [1.54, 1.807) is 21.1 Å². The van der Waals surface area contributed by atoms with E-state index in [0.29, 0.717) is 13.1 Å². The predicted molar refractivity (Wildman–Crippen MR) is 70.7 cm³/mol. The third-order valence-electron chi connectivity index (χ3n) is 3.33. The van der Waals surface area contributed by atoms with E-state index in [4.69, 9.17) is 0 Å². The number of hydrogen-bond acceptors (Lipinski definition) is 4. The number of amides is 1. The standard InChI is InChI=1S/C11H23N3O3S/c1-9(11(15)13(3)4)18(16,17)14-7-5-6-10(14)8-12-2/h9-10,12H,5-8H2,1-4H3. The van der Waals surface area contributed by atoms with Crippen molar-refractivity contribution in [3.63, 3.8) is 0 Å². The van der Waals surface area contributed by atoms with Gasteiger partial charge in [0.05, 0.1) is 0 Å². The van der Waals surface area contributed by atoms with Crippen molar-refractivity contribution >= 4 is 15.9 Å². The molecule has 7 heteroatoms. The molecule has 1 rings (SSSR count). The maximum atomic E-state index is 12.4. The summed E-state index contributed by atoms with van der Waals surface area (Å²) in [6, 6.07) is -0.0302. The quantitative estimate of drug-likeness (QED) is 0.734. The smallest absolute Gasteiger partial charge is 0.241 e. The van der Waals surface area contributed by atoms with Crippen LogP contribution in [-0.4, -0.2) is 69.1 Å². The molecule has 1 N–H and O–H groups in total. The van der Waals surface area contributed by atoms with Gasteiger partial charge in [0.2, 0.25) is 15.9 Å². The summed E-state index contributed by atoms with van der Waals surface area (Å²) in [6.07, 6.45) is 1.71. The van der Waals surface area contributed by atoms with Crippen molar-refractivity contribution in [3.05, 3.63) is 0 Å². The normalized spacial score (nSPS) is 23.0. The molecule has 6 nitrogen and oxygen atoms in total. The van der Waals surface area contributed by atoms with Crippen LogP contribution in [0.3, 0.4) is 0 Å². The zero-order valence-corrected chi connectivity index (χ0v) is 12.3. The van der Waals surface area contributed by atoms with Crippen LogP contribution in [0.2, 0.25) is 0 Å². The molecule has 18 heavy (non-hydrogen) atoms. The number of sulfonamides is 1. The van der Waals surface area contributed by atoms with Gasteiger partial charge in [0.1, 0.15) is 0 Å². The zero-order valence-electron chi connectivity index (χ0n) is 11.5. The van der Waals surface area contributed by atoms with Gasteiger partial charge in [0.15, 0.2) is 5.25 Å². The molecule has 0 aliphatic carbocycles. The highest BCUT2D eigenvalue weighted by molar-refractivity contribution is 7.90. The van der Waals surface area contributed by atoms with Crippen LogP contribution in [0.5, 0.6) is 0 Å². The Morgan fingerprint density at radius 2 is 2.11 bits per heavy atom. The van der Waals surface area contributed by atoms with E-state index < -0.39 is 15.3 Å². The van der Waals surface area contributed by atoms with Gasteiger partial charge in [-0.15, -0.1) is 0 Å². The molecular formula is C11H23N3O3S. The first-order valence-corrected chi connectivity index (χ1v) is 7.69. The molecule has 1 fully saturated rings. The molecule has 0 spiro atoms. The molecule has 2 unspecified atom stereocenters. The minimum atomic E-state index is -3.55. The van der Waals surface area contributed by atoms with Crippen molar-refractivity contribution < 1.29 is 13.2 Å². The second kappa shape index (κ2) is 5.99. The summed E-state index contributed by atoms with van der Waals surface area (Å²) in [4.78, 5) is 13.1. The summed E-state index contributed by atoms with van der Waals surface area (Å²) < 4.78 is 26.3. The third-order valence-corrected chi connectivity index (χ3v) is 5.55. The van der Waals surface area contributed by atoms with Crippen LogP contribution in [0.15, 0.2) is 0 Å². The topological polar surface area (TPSA) is 69.7 Å². The van der Waals surface area contributed by atoms with E-state index in [1.165, 1.54) is 16.1 Å². The monoisotopic (exact) mass is 277 g/mol. The number of carbonyl (C=O) groups excluding carboxylic acids is 1. The lowest BCUT2D eigenvalue weighted by Gasteiger charge is -2.27. The van der Waals surface area contributed by atoms with Gasteiger partial charge in [0.25, 0.3) is 0 Å². The average molecular weight is 277 g/mol. The van der Waals surface area contributed by atoms with Crippen LogP contribution < -0.4 is 5.32 Å². The lowest BCUT2D eigenvalue weighted by molar-refractivity contribution is -0.128. The van der Waals surface area contributed by atoms with Crippen LogP contribution in [0.25, 0.3) is 0 Å². The Morgan fingerprint density at radius 1 is 1.50 bits per heavy atom. The van der Waals surface area contributed by atoms with Gasteiger partial charge in [0, 0.05) is 33.2 Å². The van der Waals surface area contributed by atoms with Crippen molar-refractivity contribution in [3.8, 4) is 0 Å². The summed E-state index contributed by atoms with van der Waals surface area (Å²) >= 11 is 0. The summed E-state index contributed by atoms with van der Waals surface area (Å²) in [6.45, 7) is 2.61. The summed E-state index contributed by atoms with van der Waals surface area (Å²) in [5.41, 5.74) is 0. The highest BCUT2D eigenvalue weighted by Gasteiger charge is 2.40. The first-order chi connectivity index (χ1) is 8.32. The summed E-state index contributed by atoms with van der Waals surface area (Å²) in [5.74, 6) is -0.370. The lowest BCUT2D eigenvalue weighted by atomic mass is 10.2. The van der Waals surface area contributed by atoms with Crippen LogP contribution in [0.1, 0.15) is 19.8 Å². The molecule has 1 saturated heterocycles. The van der Waals surface area contributed by atoms with Gasteiger partial charge >= 0.3 is 0 Å². The fourth-order valence-corrected chi connectivity index (χ4v) is 4.13. The Bertz CT molecular complexity index is 394. The molecule has 0 radical (unpaired) electrons. The minimum absolute atomic E-state index is 0.0302. The number of likely N-dealkylation sites (N-methyl/N-ethyl adjacent to an activating group) is 1. The van der Waals surface area contributed by atoms with Crippen molar-refractivity contribution in [1.29, 1.82) is 0 Å². The molecule has 1 heterocycles. The van der Waals surface area contributed by atoms with Gasteiger partial charge in [-0.1, -0.05) is 0 Å². The van der Waals surface area contributed by atoms with E-state index in [0.717, 1.165) is 12.8 Å². The van der Waals surface area contributed by atoms with Crippen LogP contribution in [-0.2, 0) is 14.8 Å². The maximum Gasteiger partial charge on any atom is 0.241 e. The average Bonchev–Trinajstić information content (AvgIpc) is 2.76. The van der Waals surface area contributed by atoms with Gasteiger partial charge in [-0.05, 0) is 26.8 Å². The van der Waals surface area contributed by atoms with Crippen molar-refractivity contribution in [2.75, 3.05) is 34.2 Å². The number of rotatable bonds is 5. The van der Waals surface area contributed by atoms with Gasteiger partial charge in [-0.2, -0.15) is 4.31 Å². The maximum absolute atomic E-state index is 12.4. The first kappa shape index (κ1) is 15.4. The lowest BCUT2D eigenvalue weighted by Crippen LogP contribution is -2.48. The molecule has 0 aromatic rings. The van der Waals surface area contributed by atoms with E-state index in [2.05, 4.69) is 5.32 Å². The summed E-state index contributed by atoms with van der Waals surface area (Å²) in [5, 5.41) is 1.99. The van der Waals surface area contributed by atoms with Crippen molar-refractivity contribution in [2.24, 2.45) is 0 Å². The fraction of sp³-hybridized carbons (Fsp3) is 0.909. The Balaban J connectivity index is 2.88. The highest BCUT2D eigenvalue weighted by atomic mass is 32.2. The molecule has 2 atom stereocenters. The molecule has 0 saturated carbocycles. The molecule has 0 aromatic heterocycles. The van der Waals surface area contributed by atoms with E-state index in [9.17, 15) is 13.2 Å². The highest BCUT2D eigenvalue weighted by Crippen LogP contribution is 2.23. The van der Waals surface area contributed by atoms with E-state index in [1.807, 2.05) is 0 Å². The second-order valence-corrected chi connectivity index (χ2v) is 7.09. The molecule has 1 amide bonds. The number of carbonyl (C=O) groups is 1. The minimum Gasteiger partial charge on any atom is -0.348 e. The molecule has 0 bridgehead atoms. The SMILES string of the molecule is CNCC1CCCN1S(=O)(=O)C(C)C(=O)N(C)C. The van der Waals surface area contributed by atoms with Crippen molar-refractivity contribution in [1.82, 2.24) is 14.5 Å². The number of nitrogens with zero attached hydrogens (tertiary/aromatic N) is 2. The van der Waals surface area contributed by atoms with E-state index >= 15 is 0 Å². The molecule has 1 aliphatic heterocycles. The molecule has 106 valence electrons. The number of hydrogen-bond donors (Lipinski definition) is 1. The molecule has 1 aliphatic rings. The fourth-order valence-electron chi connectivity index (χ4n) is 2.28. The second-order valence-electron chi connectivity index (χ2n) is 4.88. The van der Waals surface area contributed by atoms with E-state index in [-0.39, 0.29) is 11.9 Å². The molecule has 0 aromatic carbocycles. The van der Waals surface area contributed by atoms with Gasteiger partial charge < -0.3 is 10.2 Å². The van der Waals surface area contributed by atoms with Gasteiger partial charge in [-0.3, -0.25) is 4.79 Å². The Morgan fingerprint density at radius 3 is 2.61 bits per heavy atom. The first-order valence-electron chi connectivity index (χ1n) is 6.18. The number of nitrogens with one attached hydrogen (secondary N) is 1. The van der Waals surface area contributed by atoms with Crippen LogP contribution in [0.4, 0.5) is 0 Å². The Labute approximate surface area is 109 Å². The molecular weight excluding hydrogens is 254 g/mol. The summed E-state index contributed by atoms with van der Waals surface area (Å²) in [7, 11) is 1.40. The van der Waals surface area contributed by atoms with Gasteiger partial charge in [-0.25, -0.2) is 8.42 Å². The van der Waals surface area contributed by atoms with Crippen LogP contribution in [0, 0.1) is 0 Å². The predicted octanol–water partition coefficient (Wildman–Crippen LogP) is -0.523. The Kier molecular flexibility index (Phi) is 5.12.